The van der Waals surface area contributed by atoms with E-state index >= 15 is 0 Å². The summed E-state index contributed by atoms with van der Waals surface area (Å²) in [6.45, 7) is 2.73. The van der Waals surface area contributed by atoms with Crippen molar-refractivity contribution in [2.75, 3.05) is 6.54 Å². The van der Waals surface area contributed by atoms with E-state index < -0.39 is 0 Å². The number of rotatable bonds is 6. The molecule has 0 radical (unpaired) electrons. The van der Waals surface area contributed by atoms with E-state index in [9.17, 15) is 4.79 Å². The van der Waals surface area contributed by atoms with E-state index in [-0.39, 0.29) is 5.92 Å². The first-order valence-corrected chi connectivity index (χ1v) is 6.54. The van der Waals surface area contributed by atoms with Gasteiger partial charge in [0.1, 0.15) is 5.78 Å². The van der Waals surface area contributed by atoms with Crippen LogP contribution in [-0.4, -0.2) is 12.3 Å². The second-order valence-electron chi connectivity index (χ2n) is 5.04. The van der Waals surface area contributed by atoms with Crippen molar-refractivity contribution in [1.29, 1.82) is 0 Å². The molecule has 0 aliphatic heterocycles. The summed E-state index contributed by atoms with van der Waals surface area (Å²) in [5.74, 6) is 1.52. The summed E-state index contributed by atoms with van der Waals surface area (Å²) in [4.78, 5) is 12.1. The summed E-state index contributed by atoms with van der Waals surface area (Å²) >= 11 is 0. The Morgan fingerprint density at radius 3 is 2.71 bits per heavy atom. The molecule has 0 bridgehead atoms. The molecular weight excluding hydrogens is 210 g/mol. The molecule has 0 aromatic heterocycles. The third-order valence-electron chi connectivity index (χ3n) is 3.83. The van der Waals surface area contributed by atoms with E-state index in [1.165, 1.54) is 5.56 Å². The van der Waals surface area contributed by atoms with Gasteiger partial charge in [0.15, 0.2) is 0 Å². The van der Waals surface area contributed by atoms with Gasteiger partial charge >= 0.3 is 0 Å². The Morgan fingerprint density at radius 1 is 1.41 bits per heavy atom. The standard InChI is InChI=1S/C15H21NO/c1-2-11(10-16)8-15(17)14-9-13(14)12-6-4-3-5-7-12/h3-7,11,13-14H,2,8-10,16H2,1H3. The number of hydrogen-bond acceptors (Lipinski definition) is 2. The number of nitrogens with two attached hydrogens (primary N) is 1. The first-order valence-electron chi connectivity index (χ1n) is 6.54. The largest absolute Gasteiger partial charge is 0.330 e. The second kappa shape index (κ2) is 5.46. The summed E-state index contributed by atoms with van der Waals surface area (Å²) in [6.07, 6.45) is 2.70. The van der Waals surface area contributed by atoms with Crippen LogP contribution in [0.5, 0.6) is 0 Å². The first kappa shape index (κ1) is 12.3. The van der Waals surface area contributed by atoms with Crippen LogP contribution < -0.4 is 5.73 Å². The molecule has 2 rings (SSSR count). The molecule has 0 amide bonds. The fraction of sp³-hybridized carbons (Fsp3) is 0.533. The third kappa shape index (κ3) is 2.95. The summed E-state index contributed by atoms with van der Waals surface area (Å²) in [6, 6.07) is 10.4. The highest BCUT2D eigenvalue weighted by Gasteiger charge is 2.43. The number of ketones is 1. The number of hydrogen-bond donors (Lipinski definition) is 1. The lowest BCUT2D eigenvalue weighted by Gasteiger charge is -2.10. The Balaban J connectivity index is 1.88. The van der Waals surface area contributed by atoms with Gasteiger partial charge in [0.05, 0.1) is 0 Å². The molecule has 3 unspecified atom stereocenters. The van der Waals surface area contributed by atoms with Gasteiger partial charge in [-0.25, -0.2) is 0 Å². The zero-order chi connectivity index (χ0) is 12.3. The maximum absolute atomic E-state index is 12.1. The number of benzene rings is 1. The molecule has 1 fully saturated rings. The monoisotopic (exact) mass is 231 g/mol. The van der Waals surface area contributed by atoms with Gasteiger partial charge in [0.25, 0.3) is 0 Å². The maximum atomic E-state index is 12.1. The van der Waals surface area contributed by atoms with Crippen molar-refractivity contribution in [3.8, 4) is 0 Å². The molecule has 1 aliphatic carbocycles. The molecule has 2 nitrogen and oxygen atoms in total. The quantitative estimate of drug-likeness (QED) is 0.818. The molecule has 1 saturated carbocycles. The van der Waals surface area contributed by atoms with Gasteiger partial charge < -0.3 is 5.73 Å². The van der Waals surface area contributed by atoms with E-state index in [4.69, 9.17) is 5.73 Å². The first-order chi connectivity index (χ1) is 8.26. The molecule has 0 saturated heterocycles. The smallest absolute Gasteiger partial charge is 0.136 e. The van der Waals surface area contributed by atoms with Gasteiger partial charge in [-0.15, -0.1) is 0 Å². The topological polar surface area (TPSA) is 43.1 Å². The van der Waals surface area contributed by atoms with E-state index in [1.807, 2.05) is 18.2 Å². The normalized spacial score (nSPS) is 24.4. The lowest BCUT2D eigenvalue weighted by molar-refractivity contribution is -0.121. The van der Waals surface area contributed by atoms with Gasteiger partial charge in [0, 0.05) is 12.3 Å². The highest BCUT2D eigenvalue weighted by atomic mass is 16.1. The summed E-state index contributed by atoms with van der Waals surface area (Å²) in [7, 11) is 0. The molecule has 0 heterocycles. The molecule has 2 heteroatoms. The molecule has 3 atom stereocenters. The van der Waals surface area contributed by atoms with E-state index in [0.717, 1.165) is 12.8 Å². The number of carbonyl (C=O) groups is 1. The third-order valence-corrected chi connectivity index (χ3v) is 3.83. The van der Waals surface area contributed by atoms with Gasteiger partial charge in [-0.05, 0) is 30.4 Å². The van der Waals surface area contributed by atoms with E-state index in [2.05, 4.69) is 19.1 Å². The number of carbonyl (C=O) groups excluding carboxylic acids is 1. The molecule has 1 aliphatic rings. The van der Waals surface area contributed by atoms with Crippen molar-refractivity contribution < 1.29 is 4.79 Å². The average molecular weight is 231 g/mol. The maximum Gasteiger partial charge on any atom is 0.136 e. The number of Topliss-reactive ketones (excluding diaryl/α,β-unsaturated/α-hetero) is 1. The fourth-order valence-corrected chi connectivity index (χ4v) is 2.45. The zero-order valence-electron chi connectivity index (χ0n) is 10.4. The van der Waals surface area contributed by atoms with Crippen molar-refractivity contribution >= 4 is 5.78 Å². The summed E-state index contributed by atoms with van der Waals surface area (Å²) in [5, 5.41) is 0. The van der Waals surface area contributed by atoms with Crippen LogP contribution in [0.15, 0.2) is 30.3 Å². The van der Waals surface area contributed by atoms with Crippen LogP contribution >= 0.6 is 0 Å². The Kier molecular flexibility index (Phi) is 3.95. The van der Waals surface area contributed by atoms with Crippen molar-refractivity contribution in [1.82, 2.24) is 0 Å². The van der Waals surface area contributed by atoms with Crippen LogP contribution in [0.3, 0.4) is 0 Å². The molecule has 1 aromatic carbocycles. The van der Waals surface area contributed by atoms with E-state index in [0.29, 0.717) is 30.6 Å². The molecule has 92 valence electrons. The highest BCUT2D eigenvalue weighted by molar-refractivity contribution is 5.85. The van der Waals surface area contributed by atoms with Crippen LogP contribution in [0.1, 0.15) is 37.7 Å². The van der Waals surface area contributed by atoms with Gasteiger partial charge in [0.2, 0.25) is 0 Å². The van der Waals surface area contributed by atoms with Crippen LogP contribution in [0, 0.1) is 11.8 Å². The fourth-order valence-electron chi connectivity index (χ4n) is 2.45. The summed E-state index contributed by atoms with van der Waals surface area (Å²) in [5.41, 5.74) is 6.96. The minimum atomic E-state index is 0.262. The molecule has 2 N–H and O–H groups in total. The van der Waals surface area contributed by atoms with Crippen molar-refractivity contribution in [2.45, 2.75) is 32.1 Å². The molecule has 0 spiro atoms. The SMILES string of the molecule is CCC(CN)CC(=O)C1CC1c1ccccc1. The molecule has 17 heavy (non-hydrogen) atoms. The molecular formula is C15H21NO. The second-order valence-corrected chi connectivity index (χ2v) is 5.04. The Morgan fingerprint density at radius 2 is 2.12 bits per heavy atom. The van der Waals surface area contributed by atoms with Gasteiger partial charge in [-0.3, -0.25) is 4.79 Å². The van der Waals surface area contributed by atoms with Crippen LogP contribution in [-0.2, 0) is 4.79 Å². The van der Waals surface area contributed by atoms with Crippen molar-refractivity contribution in [3.05, 3.63) is 35.9 Å². The van der Waals surface area contributed by atoms with E-state index in [1.54, 1.807) is 0 Å². The minimum absolute atomic E-state index is 0.262. The Hall–Kier alpha value is -1.15. The van der Waals surface area contributed by atoms with Crippen molar-refractivity contribution in [2.24, 2.45) is 17.6 Å². The zero-order valence-corrected chi connectivity index (χ0v) is 10.4. The molecule has 1 aromatic rings. The highest BCUT2D eigenvalue weighted by Crippen LogP contribution is 2.48. The lowest BCUT2D eigenvalue weighted by atomic mass is 9.96. The minimum Gasteiger partial charge on any atom is -0.330 e. The average Bonchev–Trinajstić information content (AvgIpc) is 3.17. The Labute approximate surface area is 103 Å². The Bertz CT molecular complexity index is 370. The predicted molar refractivity (Wildman–Crippen MR) is 69.7 cm³/mol. The van der Waals surface area contributed by atoms with Crippen molar-refractivity contribution in [3.63, 3.8) is 0 Å². The summed E-state index contributed by atoms with van der Waals surface area (Å²) < 4.78 is 0. The van der Waals surface area contributed by atoms with Gasteiger partial charge in [-0.1, -0.05) is 43.7 Å². The van der Waals surface area contributed by atoms with Crippen LogP contribution in [0.2, 0.25) is 0 Å². The van der Waals surface area contributed by atoms with Gasteiger partial charge in [-0.2, -0.15) is 0 Å². The van der Waals surface area contributed by atoms with Crippen LogP contribution in [0.4, 0.5) is 0 Å². The predicted octanol–water partition coefficient (Wildman–Crippen LogP) is 2.73. The lowest BCUT2D eigenvalue weighted by Crippen LogP contribution is -2.18. The van der Waals surface area contributed by atoms with Crippen LogP contribution in [0.25, 0.3) is 0 Å².